The SMILES string of the molecule is O=C(CN1CCN(c2ccccc2O)CC1)Nc1cccc(Br)c1. The summed E-state index contributed by atoms with van der Waals surface area (Å²) >= 11 is 3.40. The summed E-state index contributed by atoms with van der Waals surface area (Å²) < 4.78 is 0.941. The second-order valence-electron chi connectivity index (χ2n) is 5.81. The summed E-state index contributed by atoms with van der Waals surface area (Å²) in [6, 6.07) is 14.9. The zero-order chi connectivity index (χ0) is 16.9. The van der Waals surface area contributed by atoms with Crippen molar-refractivity contribution in [1.82, 2.24) is 4.90 Å². The molecular weight excluding hydrogens is 370 g/mol. The Balaban J connectivity index is 1.50. The van der Waals surface area contributed by atoms with Crippen molar-refractivity contribution in [3.8, 4) is 5.75 Å². The molecule has 24 heavy (non-hydrogen) atoms. The second kappa shape index (κ2) is 7.68. The molecule has 2 aromatic rings. The molecule has 1 fully saturated rings. The zero-order valence-corrected chi connectivity index (χ0v) is 14.9. The summed E-state index contributed by atoms with van der Waals surface area (Å²) in [5.41, 5.74) is 1.65. The van der Waals surface area contributed by atoms with E-state index in [0.29, 0.717) is 12.3 Å². The van der Waals surface area contributed by atoms with Crippen LogP contribution in [-0.4, -0.2) is 48.6 Å². The van der Waals surface area contributed by atoms with Crippen molar-refractivity contribution in [3.05, 3.63) is 53.0 Å². The maximum Gasteiger partial charge on any atom is 0.238 e. The lowest BCUT2D eigenvalue weighted by Gasteiger charge is -2.35. The van der Waals surface area contributed by atoms with E-state index in [1.165, 1.54) is 0 Å². The lowest BCUT2D eigenvalue weighted by Crippen LogP contribution is -2.48. The lowest BCUT2D eigenvalue weighted by atomic mass is 10.2. The largest absolute Gasteiger partial charge is 0.506 e. The maximum atomic E-state index is 12.2. The number of carbonyl (C=O) groups excluding carboxylic acids is 1. The molecule has 126 valence electrons. The molecule has 6 heteroatoms. The van der Waals surface area contributed by atoms with Gasteiger partial charge < -0.3 is 15.3 Å². The quantitative estimate of drug-likeness (QED) is 0.843. The molecule has 0 aliphatic carbocycles. The van der Waals surface area contributed by atoms with Gasteiger partial charge in [-0.3, -0.25) is 9.69 Å². The standard InChI is InChI=1S/C18H20BrN3O2/c19-14-4-3-5-15(12-14)20-18(24)13-21-8-10-22(11-9-21)16-6-1-2-7-17(16)23/h1-7,12,23H,8-11,13H2,(H,20,24). The maximum absolute atomic E-state index is 12.2. The number of anilines is 2. The van der Waals surface area contributed by atoms with E-state index in [4.69, 9.17) is 0 Å². The number of hydrogen-bond acceptors (Lipinski definition) is 4. The van der Waals surface area contributed by atoms with Gasteiger partial charge in [0.05, 0.1) is 12.2 Å². The number of nitrogens with zero attached hydrogens (tertiary/aromatic N) is 2. The number of piperazine rings is 1. The van der Waals surface area contributed by atoms with Gasteiger partial charge in [-0.25, -0.2) is 0 Å². The van der Waals surface area contributed by atoms with E-state index in [9.17, 15) is 9.90 Å². The van der Waals surface area contributed by atoms with E-state index in [-0.39, 0.29) is 5.91 Å². The predicted molar refractivity (Wildman–Crippen MR) is 99.5 cm³/mol. The molecular formula is C18H20BrN3O2. The van der Waals surface area contributed by atoms with Gasteiger partial charge >= 0.3 is 0 Å². The van der Waals surface area contributed by atoms with Crippen LogP contribution in [0.15, 0.2) is 53.0 Å². The number of benzene rings is 2. The highest BCUT2D eigenvalue weighted by molar-refractivity contribution is 9.10. The van der Waals surface area contributed by atoms with Crippen LogP contribution in [0.3, 0.4) is 0 Å². The zero-order valence-electron chi connectivity index (χ0n) is 13.3. The summed E-state index contributed by atoms with van der Waals surface area (Å²) in [6.45, 7) is 3.55. The Morgan fingerprint density at radius 2 is 1.83 bits per heavy atom. The number of aromatic hydroxyl groups is 1. The fraction of sp³-hybridized carbons (Fsp3) is 0.278. The van der Waals surface area contributed by atoms with Gasteiger partial charge in [0.1, 0.15) is 5.75 Å². The fourth-order valence-electron chi connectivity index (χ4n) is 2.85. The molecule has 1 heterocycles. The molecule has 1 aliphatic rings. The van der Waals surface area contributed by atoms with Crippen LogP contribution in [0.1, 0.15) is 0 Å². The summed E-state index contributed by atoms with van der Waals surface area (Å²) in [7, 11) is 0. The molecule has 0 radical (unpaired) electrons. The van der Waals surface area contributed by atoms with E-state index < -0.39 is 0 Å². The van der Waals surface area contributed by atoms with Crippen molar-refractivity contribution >= 4 is 33.2 Å². The van der Waals surface area contributed by atoms with Crippen molar-refractivity contribution in [1.29, 1.82) is 0 Å². The first-order chi connectivity index (χ1) is 11.6. The number of carbonyl (C=O) groups is 1. The average molecular weight is 390 g/mol. The molecule has 0 aromatic heterocycles. The Kier molecular flexibility index (Phi) is 5.37. The topological polar surface area (TPSA) is 55.8 Å². The summed E-state index contributed by atoms with van der Waals surface area (Å²) in [5.74, 6) is 0.294. The highest BCUT2D eigenvalue weighted by Crippen LogP contribution is 2.27. The Labute approximate surface area is 150 Å². The van der Waals surface area contributed by atoms with Crippen LogP contribution in [0.4, 0.5) is 11.4 Å². The monoisotopic (exact) mass is 389 g/mol. The number of phenols is 1. The van der Waals surface area contributed by atoms with Gasteiger partial charge in [-0.1, -0.05) is 34.1 Å². The van der Waals surface area contributed by atoms with E-state index in [1.54, 1.807) is 6.07 Å². The predicted octanol–water partition coefficient (Wildman–Crippen LogP) is 2.92. The van der Waals surface area contributed by atoms with Crippen LogP contribution < -0.4 is 10.2 Å². The van der Waals surface area contributed by atoms with Crippen LogP contribution in [0, 0.1) is 0 Å². The Morgan fingerprint density at radius 1 is 1.08 bits per heavy atom. The number of nitrogens with one attached hydrogen (secondary N) is 1. The van der Waals surface area contributed by atoms with Crippen LogP contribution in [0.25, 0.3) is 0 Å². The van der Waals surface area contributed by atoms with Gasteiger partial charge in [-0.2, -0.15) is 0 Å². The van der Waals surface area contributed by atoms with Gasteiger partial charge in [0.2, 0.25) is 5.91 Å². The summed E-state index contributed by atoms with van der Waals surface area (Å²) in [5, 5.41) is 12.9. The number of halogens is 1. The number of para-hydroxylation sites is 2. The van der Waals surface area contributed by atoms with Crippen molar-refractivity contribution in [2.45, 2.75) is 0 Å². The number of phenolic OH excluding ortho intramolecular Hbond substituents is 1. The van der Waals surface area contributed by atoms with E-state index in [0.717, 1.165) is 42.0 Å². The number of hydrogen-bond donors (Lipinski definition) is 2. The second-order valence-corrected chi connectivity index (χ2v) is 6.73. The van der Waals surface area contributed by atoms with Crippen molar-refractivity contribution < 1.29 is 9.90 Å². The molecule has 2 aromatic carbocycles. The smallest absolute Gasteiger partial charge is 0.238 e. The van der Waals surface area contributed by atoms with E-state index >= 15 is 0 Å². The minimum absolute atomic E-state index is 0.0101. The van der Waals surface area contributed by atoms with Crippen molar-refractivity contribution in [2.24, 2.45) is 0 Å². The average Bonchev–Trinajstić information content (AvgIpc) is 2.56. The third-order valence-electron chi connectivity index (χ3n) is 4.07. The molecule has 0 saturated carbocycles. The van der Waals surface area contributed by atoms with Crippen LogP contribution in [0.5, 0.6) is 5.75 Å². The highest BCUT2D eigenvalue weighted by Gasteiger charge is 2.20. The third-order valence-corrected chi connectivity index (χ3v) is 4.56. The molecule has 1 aliphatic heterocycles. The number of rotatable bonds is 4. The van der Waals surface area contributed by atoms with Crippen molar-refractivity contribution in [3.63, 3.8) is 0 Å². The molecule has 2 N–H and O–H groups in total. The minimum Gasteiger partial charge on any atom is -0.506 e. The first-order valence-electron chi connectivity index (χ1n) is 7.92. The van der Waals surface area contributed by atoms with E-state index in [2.05, 4.69) is 31.0 Å². The fourth-order valence-corrected chi connectivity index (χ4v) is 3.25. The van der Waals surface area contributed by atoms with Crippen molar-refractivity contribution in [2.75, 3.05) is 42.9 Å². The Hall–Kier alpha value is -2.05. The van der Waals surface area contributed by atoms with Crippen LogP contribution in [-0.2, 0) is 4.79 Å². The molecule has 5 nitrogen and oxygen atoms in total. The van der Waals surface area contributed by atoms with Gasteiger partial charge in [0, 0.05) is 36.3 Å². The van der Waals surface area contributed by atoms with Crippen LogP contribution in [0.2, 0.25) is 0 Å². The van der Waals surface area contributed by atoms with Gasteiger partial charge in [-0.05, 0) is 30.3 Å². The molecule has 1 saturated heterocycles. The number of amides is 1. The van der Waals surface area contributed by atoms with Gasteiger partial charge in [-0.15, -0.1) is 0 Å². The first-order valence-corrected chi connectivity index (χ1v) is 8.72. The molecule has 3 rings (SSSR count). The third kappa shape index (κ3) is 4.27. The van der Waals surface area contributed by atoms with Gasteiger partial charge in [0.15, 0.2) is 0 Å². The lowest BCUT2D eigenvalue weighted by molar-refractivity contribution is -0.117. The Bertz CT molecular complexity index is 715. The molecule has 0 spiro atoms. The summed E-state index contributed by atoms with van der Waals surface area (Å²) in [4.78, 5) is 16.5. The van der Waals surface area contributed by atoms with Gasteiger partial charge in [0.25, 0.3) is 0 Å². The normalized spacial score (nSPS) is 15.3. The molecule has 0 bridgehead atoms. The highest BCUT2D eigenvalue weighted by atomic mass is 79.9. The molecule has 0 atom stereocenters. The molecule has 0 unspecified atom stereocenters. The Morgan fingerprint density at radius 3 is 2.54 bits per heavy atom. The summed E-state index contributed by atoms with van der Waals surface area (Å²) in [6.07, 6.45) is 0. The minimum atomic E-state index is -0.0101. The van der Waals surface area contributed by atoms with E-state index in [1.807, 2.05) is 42.5 Å². The molecule has 1 amide bonds. The first kappa shape index (κ1) is 16.8. The van der Waals surface area contributed by atoms with Crippen LogP contribution >= 0.6 is 15.9 Å².